The Labute approximate surface area is 213 Å². The highest BCUT2D eigenvalue weighted by atomic mass is 19.1. The van der Waals surface area contributed by atoms with E-state index in [0.717, 1.165) is 24.8 Å². The molecule has 3 atom stereocenters. The lowest BCUT2D eigenvalue weighted by molar-refractivity contribution is -0.119. The molecule has 1 aromatic rings. The van der Waals surface area contributed by atoms with Gasteiger partial charge in [0, 0.05) is 22.5 Å². The fourth-order valence-corrected chi connectivity index (χ4v) is 5.16. The Morgan fingerprint density at radius 1 is 1.32 bits per heavy atom. The molecular weight excluding hydrogens is 483 g/mol. The Hall–Kier alpha value is -3.63. The summed E-state index contributed by atoms with van der Waals surface area (Å²) in [6.45, 7) is 1.17. The number of carbonyl (C=O) groups is 1. The van der Waals surface area contributed by atoms with Gasteiger partial charge in [-0.25, -0.2) is 13.8 Å². The second-order valence-electron chi connectivity index (χ2n) is 9.79. The van der Waals surface area contributed by atoms with Crippen molar-refractivity contribution in [1.29, 1.82) is 5.41 Å². The smallest absolute Gasteiger partial charge is 0.248 e. The van der Waals surface area contributed by atoms with Crippen LogP contribution in [0.4, 0.5) is 19.0 Å². The summed E-state index contributed by atoms with van der Waals surface area (Å²) in [5.74, 6) is -0.637. The molecule has 0 aromatic carbocycles. The van der Waals surface area contributed by atoms with Gasteiger partial charge < -0.3 is 27.5 Å². The SMILES string of the molecule is CC(=N)C(=C(C)N)c1ccc(NC(=O)[C@H]2NC(C(C=CN)=NC(CF)CF)=C3CC3C2C2CC2)nc1F. The van der Waals surface area contributed by atoms with E-state index in [4.69, 9.17) is 16.9 Å². The number of carbonyl (C=O) groups excluding carboxylic acids is 1. The van der Waals surface area contributed by atoms with Gasteiger partial charge in [-0.3, -0.25) is 9.79 Å². The standard InChI is InChI=1S/C26H32F3N7O/c1-12(31)21(13(2)32)16-5-6-20(34-25(16)29)35-26(37)24-22(14-3-4-14)17-9-18(17)23(36-24)19(7-8-30)33-15(10-27)11-28/h5-8,14-15,17,22,24,31,36H,3-4,9-11,30,32H2,1-2H3,(H,34,35,37)/t17?,22?,24-/m0/s1. The van der Waals surface area contributed by atoms with Gasteiger partial charge in [-0.2, -0.15) is 4.39 Å². The number of pyridine rings is 1. The number of amides is 1. The van der Waals surface area contributed by atoms with Gasteiger partial charge in [0.2, 0.25) is 11.9 Å². The van der Waals surface area contributed by atoms with Gasteiger partial charge in [0.25, 0.3) is 0 Å². The minimum Gasteiger partial charge on any atom is -0.405 e. The van der Waals surface area contributed by atoms with Gasteiger partial charge >= 0.3 is 0 Å². The first-order chi connectivity index (χ1) is 17.7. The van der Waals surface area contributed by atoms with E-state index < -0.39 is 37.3 Å². The number of rotatable bonds is 10. The molecule has 0 spiro atoms. The molecule has 4 rings (SSSR count). The van der Waals surface area contributed by atoms with Gasteiger partial charge in [0.1, 0.15) is 31.3 Å². The second-order valence-corrected chi connectivity index (χ2v) is 9.79. The zero-order valence-electron chi connectivity index (χ0n) is 20.8. The topological polar surface area (TPSA) is 142 Å². The van der Waals surface area contributed by atoms with Crippen molar-refractivity contribution in [3.05, 3.63) is 52.9 Å². The normalized spacial score (nSPS) is 24.1. The average molecular weight is 516 g/mol. The largest absolute Gasteiger partial charge is 0.405 e. The maximum absolute atomic E-state index is 14.9. The molecule has 1 amide bonds. The molecule has 2 heterocycles. The molecule has 2 aliphatic carbocycles. The van der Waals surface area contributed by atoms with Crippen LogP contribution in [0.2, 0.25) is 0 Å². The number of hydrogen-bond acceptors (Lipinski definition) is 7. The molecule has 0 saturated heterocycles. The van der Waals surface area contributed by atoms with E-state index in [9.17, 15) is 18.0 Å². The molecule has 2 unspecified atom stereocenters. The van der Waals surface area contributed by atoms with Crippen molar-refractivity contribution in [2.75, 3.05) is 18.7 Å². The Kier molecular flexibility index (Phi) is 7.70. The van der Waals surface area contributed by atoms with Crippen molar-refractivity contribution in [2.24, 2.45) is 34.2 Å². The number of fused-ring (bicyclic) bond motifs is 1. The van der Waals surface area contributed by atoms with Crippen LogP contribution in [-0.4, -0.2) is 47.7 Å². The van der Waals surface area contributed by atoms with Crippen LogP contribution in [0.15, 0.2) is 46.4 Å². The molecular formula is C26H32F3N7O. The summed E-state index contributed by atoms with van der Waals surface area (Å²) < 4.78 is 41.3. The molecule has 0 bridgehead atoms. The minimum absolute atomic E-state index is 0.0250. The van der Waals surface area contributed by atoms with E-state index in [2.05, 4.69) is 20.6 Å². The molecule has 2 fully saturated rings. The third-order valence-corrected chi connectivity index (χ3v) is 6.97. The number of nitrogens with zero attached hydrogens (tertiary/aromatic N) is 2. The van der Waals surface area contributed by atoms with Gasteiger partial charge in [0.15, 0.2) is 0 Å². The molecule has 0 radical (unpaired) electrons. The average Bonchev–Trinajstić information content (AvgIpc) is 3.76. The van der Waals surface area contributed by atoms with Gasteiger partial charge in [-0.1, -0.05) is 0 Å². The lowest BCUT2D eigenvalue weighted by Crippen LogP contribution is -2.50. The Morgan fingerprint density at radius 2 is 2.03 bits per heavy atom. The van der Waals surface area contributed by atoms with Crippen LogP contribution in [0.5, 0.6) is 0 Å². The summed E-state index contributed by atoms with van der Waals surface area (Å²) in [7, 11) is 0. The van der Waals surface area contributed by atoms with Crippen LogP contribution in [0.3, 0.4) is 0 Å². The summed E-state index contributed by atoms with van der Waals surface area (Å²) >= 11 is 0. The summed E-state index contributed by atoms with van der Waals surface area (Å²) in [5, 5.41) is 13.8. The number of hydrogen-bond donors (Lipinski definition) is 5. The van der Waals surface area contributed by atoms with E-state index in [1.165, 1.54) is 31.3 Å². The molecule has 1 aliphatic heterocycles. The second kappa shape index (κ2) is 10.8. The van der Waals surface area contributed by atoms with Crippen molar-refractivity contribution in [1.82, 2.24) is 10.3 Å². The summed E-state index contributed by atoms with van der Waals surface area (Å²) in [4.78, 5) is 21.5. The summed E-state index contributed by atoms with van der Waals surface area (Å²) in [5.41, 5.74) is 14.1. The zero-order valence-corrected chi connectivity index (χ0v) is 20.8. The van der Waals surface area contributed by atoms with Crippen LogP contribution in [0.1, 0.15) is 38.7 Å². The number of nitrogens with two attached hydrogens (primary N) is 2. The molecule has 2 saturated carbocycles. The zero-order chi connectivity index (χ0) is 26.9. The third-order valence-electron chi connectivity index (χ3n) is 6.97. The van der Waals surface area contributed by atoms with Gasteiger partial charge in [0.05, 0.1) is 11.4 Å². The monoisotopic (exact) mass is 515 g/mol. The lowest BCUT2D eigenvalue weighted by Gasteiger charge is -2.32. The Morgan fingerprint density at radius 3 is 2.57 bits per heavy atom. The quantitative estimate of drug-likeness (QED) is 0.240. The fraction of sp³-hybridized carbons (Fsp3) is 0.462. The van der Waals surface area contributed by atoms with E-state index >= 15 is 0 Å². The first-order valence-electron chi connectivity index (χ1n) is 12.3. The van der Waals surface area contributed by atoms with Crippen LogP contribution < -0.4 is 22.1 Å². The number of nitrogens with one attached hydrogen (secondary N) is 3. The van der Waals surface area contributed by atoms with Crippen LogP contribution in [-0.2, 0) is 4.79 Å². The number of aliphatic imine (C=N–C) groups is 1. The molecule has 11 heteroatoms. The first kappa shape index (κ1) is 26.4. The number of allylic oxidation sites excluding steroid dienone is 4. The van der Waals surface area contributed by atoms with Crippen molar-refractivity contribution in [3.63, 3.8) is 0 Å². The minimum atomic E-state index is -1.15. The number of anilines is 1. The van der Waals surface area contributed by atoms with E-state index in [0.29, 0.717) is 17.3 Å². The van der Waals surface area contributed by atoms with E-state index in [1.54, 1.807) is 6.92 Å². The van der Waals surface area contributed by atoms with Gasteiger partial charge in [-0.05, 0) is 80.8 Å². The fourth-order valence-electron chi connectivity index (χ4n) is 5.16. The predicted molar refractivity (Wildman–Crippen MR) is 138 cm³/mol. The molecule has 1 aromatic heterocycles. The Balaban J connectivity index is 1.60. The van der Waals surface area contributed by atoms with Crippen molar-refractivity contribution >= 4 is 28.7 Å². The van der Waals surface area contributed by atoms with Crippen LogP contribution in [0, 0.1) is 29.1 Å². The molecule has 3 aliphatic rings. The number of alkyl halides is 2. The van der Waals surface area contributed by atoms with Gasteiger partial charge in [-0.15, -0.1) is 0 Å². The molecule has 37 heavy (non-hydrogen) atoms. The third kappa shape index (κ3) is 5.55. The van der Waals surface area contributed by atoms with E-state index in [1.807, 2.05) is 0 Å². The molecule has 198 valence electrons. The predicted octanol–water partition coefficient (Wildman–Crippen LogP) is 3.38. The maximum Gasteiger partial charge on any atom is 0.248 e. The van der Waals surface area contributed by atoms with E-state index in [-0.39, 0.29) is 40.2 Å². The maximum atomic E-state index is 14.9. The molecule has 8 nitrogen and oxygen atoms in total. The highest BCUT2D eigenvalue weighted by Gasteiger charge is 2.55. The highest BCUT2D eigenvalue weighted by Crippen LogP contribution is 2.57. The lowest BCUT2D eigenvalue weighted by atomic mass is 9.85. The highest BCUT2D eigenvalue weighted by molar-refractivity contribution is 6.21. The van der Waals surface area contributed by atoms with Crippen molar-refractivity contribution in [3.8, 4) is 0 Å². The summed E-state index contributed by atoms with van der Waals surface area (Å²) in [6, 6.07) is 1.08. The number of aromatic nitrogens is 1. The van der Waals surface area contributed by atoms with Crippen molar-refractivity contribution < 1.29 is 18.0 Å². The summed E-state index contributed by atoms with van der Waals surface area (Å²) in [6.07, 6.45) is 5.52. The van der Waals surface area contributed by atoms with Crippen molar-refractivity contribution in [2.45, 2.75) is 45.2 Å². The van der Waals surface area contributed by atoms with Crippen LogP contribution in [0.25, 0.3) is 5.57 Å². The Bertz CT molecular complexity index is 1210. The number of halogens is 3. The van der Waals surface area contributed by atoms with Crippen LogP contribution >= 0.6 is 0 Å². The first-order valence-corrected chi connectivity index (χ1v) is 12.3. The molecule has 7 N–H and O–H groups in total.